The van der Waals surface area contributed by atoms with Gasteiger partial charge in [-0.3, -0.25) is 4.79 Å². The lowest BCUT2D eigenvalue weighted by Crippen LogP contribution is -2.15. The molecule has 2 aromatic rings. The van der Waals surface area contributed by atoms with Gasteiger partial charge >= 0.3 is 0 Å². The van der Waals surface area contributed by atoms with E-state index in [1.54, 1.807) is 0 Å². The molecule has 0 saturated carbocycles. The number of benzene rings is 2. The van der Waals surface area contributed by atoms with Gasteiger partial charge in [0.1, 0.15) is 0 Å². The summed E-state index contributed by atoms with van der Waals surface area (Å²) < 4.78 is 0. The van der Waals surface area contributed by atoms with Crippen LogP contribution in [0.5, 0.6) is 0 Å². The molecule has 1 amide bonds. The summed E-state index contributed by atoms with van der Waals surface area (Å²) in [6.45, 7) is 6.29. The molecule has 0 aliphatic rings. The van der Waals surface area contributed by atoms with E-state index in [-0.39, 0.29) is 5.91 Å². The average molecular weight is 296 g/mol. The maximum Gasteiger partial charge on any atom is 0.224 e. The van der Waals surface area contributed by atoms with Gasteiger partial charge in [-0.25, -0.2) is 0 Å². The number of hydrogen-bond acceptors (Lipinski definition) is 2. The van der Waals surface area contributed by atoms with Crippen LogP contribution in [0.25, 0.3) is 0 Å². The summed E-state index contributed by atoms with van der Waals surface area (Å²) in [7, 11) is 0. The molecule has 0 spiro atoms. The topological polar surface area (TPSA) is 55.1 Å². The average Bonchev–Trinajstić information content (AvgIpc) is 2.48. The van der Waals surface area contributed by atoms with Crippen molar-refractivity contribution in [1.82, 2.24) is 0 Å². The van der Waals surface area contributed by atoms with E-state index in [1.807, 2.05) is 43.3 Å². The zero-order valence-corrected chi connectivity index (χ0v) is 13.5. The van der Waals surface area contributed by atoms with E-state index in [1.165, 1.54) is 5.56 Å². The molecule has 0 aliphatic carbocycles. The number of anilines is 2. The number of carbonyl (C=O) groups is 1. The van der Waals surface area contributed by atoms with Crippen LogP contribution in [-0.2, 0) is 11.2 Å². The second-order valence-electron chi connectivity index (χ2n) is 5.94. The minimum atomic E-state index is 0.0273. The molecule has 3 nitrogen and oxygen atoms in total. The first-order valence-electron chi connectivity index (χ1n) is 7.71. The van der Waals surface area contributed by atoms with Gasteiger partial charge in [0.15, 0.2) is 0 Å². The van der Waals surface area contributed by atoms with E-state index in [9.17, 15) is 4.79 Å². The molecule has 0 saturated heterocycles. The number of carbonyl (C=O) groups excluding carboxylic acids is 1. The zero-order valence-electron chi connectivity index (χ0n) is 13.5. The van der Waals surface area contributed by atoms with Crippen molar-refractivity contribution >= 4 is 17.3 Å². The van der Waals surface area contributed by atoms with E-state index >= 15 is 0 Å². The molecule has 2 rings (SSSR count). The van der Waals surface area contributed by atoms with Crippen LogP contribution in [0.2, 0.25) is 0 Å². The summed E-state index contributed by atoms with van der Waals surface area (Å²) in [5.41, 5.74) is 10.9. The fourth-order valence-corrected chi connectivity index (χ4v) is 2.55. The number of nitrogens with one attached hydrogen (secondary N) is 1. The number of hydrogen-bond donors (Lipinski definition) is 2. The number of nitrogen functional groups attached to an aromatic ring is 1. The molecule has 0 radical (unpaired) electrons. The molecule has 2 aromatic carbocycles. The third-order valence-electron chi connectivity index (χ3n) is 3.87. The Morgan fingerprint density at radius 1 is 1.14 bits per heavy atom. The third kappa shape index (κ3) is 3.88. The van der Waals surface area contributed by atoms with Crippen LogP contribution in [0.15, 0.2) is 42.5 Å². The largest absolute Gasteiger partial charge is 0.399 e. The first kappa shape index (κ1) is 16.1. The van der Waals surface area contributed by atoms with Gasteiger partial charge in [-0.1, -0.05) is 50.2 Å². The number of nitrogens with two attached hydrogens (primary N) is 1. The SMILES string of the molecule is Cc1cccc(C(C)C)c1NC(=O)CCc1ccccc1N. The standard InChI is InChI=1S/C19H24N2O/c1-13(2)16-9-6-7-14(3)19(16)21-18(22)12-11-15-8-4-5-10-17(15)20/h4-10,13H,11-12,20H2,1-3H3,(H,21,22). The fraction of sp³-hybridized carbons (Fsp3) is 0.316. The molecule has 0 unspecified atom stereocenters. The predicted octanol–water partition coefficient (Wildman–Crippen LogP) is 4.27. The van der Waals surface area contributed by atoms with E-state index < -0.39 is 0 Å². The minimum Gasteiger partial charge on any atom is -0.399 e. The van der Waals surface area contributed by atoms with Crippen molar-refractivity contribution in [2.75, 3.05) is 11.1 Å². The monoisotopic (exact) mass is 296 g/mol. The Kier molecular flexibility index (Phi) is 5.21. The fourth-order valence-electron chi connectivity index (χ4n) is 2.55. The molecule has 0 aromatic heterocycles. The quantitative estimate of drug-likeness (QED) is 0.809. The highest BCUT2D eigenvalue weighted by atomic mass is 16.1. The van der Waals surface area contributed by atoms with Gasteiger partial charge in [-0.15, -0.1) is 0 Å². The summed E-state index contributed by atoms with van der Waals surface area (Å²) in [5.74, 6) is 0.402. The number of rotatable bonds is 5. The van der Waals surface area contributed by atoms with Crippen LogP contribution in [0.1, 0.15) is 42.9 Å². The van der Waals surface area contributed by atoms with Gasteiger partial charge in [-0.2, -0.15) is 0 Å². The summed E-state index contributed by atoms with van der Waals surface area (Å²) >= 11 is 0. The molecule has 116 valence electrons. The molecular weight excluding hydrogens is 272 g/mol. The normalized spacial score (nSPS) is 10.7. The van der Waals surface area contributed by atoms with Crippen molar-refractivity contribution < 1.29 is 4.79 Å². The maximum absolute atomic E-state index is 12.3. The Hall–Kier alpha value is -2.29. The molecule has 3 N–H and O–H groups in total. The maximum atomic E-state index is 12.3. The van der Waals surface area contributed by atoms with Crippen LogP contribution in [0.3, 0.4) is 0 Å². The Morgan fingerprint density at radius 3 is 2.55 bits per heavy atom. The smallest absolute Gasteiger partial charge is 0.224 e. The summed E-state index contributed by atoms with van der Waals surface area (Å²) in [5, 5.41) is 3.07. The zero-order chi connectivity index (χ0) is 16.1. The molecule has 0 fully saturated rings. The van der Waals surface area contributed by atoms with Gasteiger partial charge in [0.25, 0.3) is 0 Å². The van der Waals surface area contributed by atoms with Gasteiger partial charge < -0.3 is 11.1 Å². The second kappa shape index (κ2) is 7.12. The van der Waals surface area contributed by atoms with Crippen LogP contribution in [-0.4, -0.2) is 5.91 Å². The van der Waals surface area contributed by atoms with E-state index in [0.29, 0.717) is 18.8 Å². The highest BCUT2D eigenvalue weighted by Crippen LogP contribution is 2.27. The van der Waals surface area contributed by atoms with Crippen molar-refractivity contribution in [1.29, 1.82) is 0 Å². The molecular formula is C19H24N2O. The van der Waals surface area contributed by atoms with Gasteiger partial charge in [0.05, 0.1) is 0 Å². The molecule has 0 heterocycles. The summed E-state index contributed by atoms with van der Waals surface area (Å²) in [6, 6.07) is 13.8. The van der Waals surface area contributed by atoms with Gasteiger partial charge in [0.2, 0.25) is 5.91 Å². The molecule has 22 heavy (non-hydrogen) atoms. The van der Waals surface area contributed by atoms with Crippen molar-refractivity contribution in [3.8, 4) is 0 Å². The molecule has 0 aliphatic heterocycles. The first-order chi connectivity index (χ1) is 10.5. The summed E-state index contributed by atoms with van der Waals surface area (Å²) in [4.78, 5) is 12.3. The Bertz CT molecular complexity index is 662. The molecule has 0 atom stereocenters. The van der Waals surface area contributed by atoms with Crippen molar-refractivity contribution in [3.05, 3.63) is 59.2 Å². The highest BCUT2D eigenvalue weighted by molar-refractivity contribution is 5.92. The van der Waals surface area contributed by atoms with Crippen molar-refractivity contribution in [3.63, 3.8) is 0 Å². The predicted molar refractivity (Wildman–Crippen MR) is 93.1 cm³/mol. The lowest BCUT2D eigenvalue weighted by atomic mass is 9.98. The van der Waals surface area contributed by atoms with Gasteiger partial charge in [-0.05, 0) is 42.0 Å². The first-order valence-corrected chi connectivity index (χ1v) is 7.71. The lowest BCUT2D eigenvalue weighted by Gasteiger charge is -2.16. The Morgan fingerprint density at radius 2 is 1.86 bits per heavy atom. The third-order valence-corrected chi connectivity index (χ3v) is 3.87. The second-order valence-corrected chi connectivity index (χ2v) is 5.94. The van der Waals surface area contributed by atoms with Gasteiger partial charge in [0, 0.05) is 17.8 Å². The van der Waals surface area contributed by atoms with Crippen molar-refractivity contribution in [2.24, 2.45) is 0 Å². The number of amides is 1. The van der Waals surface area contributed by atoms with E-state index in [0.717, 1.165) is 22.5 Å². The van der Waals surface area contributed by atoms with Crippen molar-refractivity contribution in [2.45, 2.75) is 39.5 Å². The van der Waals surface area contributed by atoms with Crippen LogP contribution >= 0.6 is 0 Å². The van der Waals surface area contributed by atoms with Crippen LogP contribution in [0.4, 0.5) is 11.4 Å². The van der Waals surface area contributed by atoms with Crippen LogP contribution in [0, 0.1) is 6.92 Å². The summed E-state index contributed by atoms with van der Waals surface area (Å²) in [6.07, 6.45) is 1.08. The molecule has 0 bridgehead atoms. The van der Waals surface area contributed by atoms with E-state index in [4.69, 9.17) is 5.73 Å². The Labute approximate surface area is 132 Å². The highest BCUT2D eigenvalue weighted by Gasteiger charge is 2.12. The van der Waals surface area contributed by atoms with Crippen LogP contribution < -0.4 is 11.1 Å². The number of aryl methyl sites for hydroxylation is 2. The molecule has 3 heteroatoms. The minimum absolute atomic E-state index is 0.0273. The Balaban J connectivity index is 2.05. The number of para-hydroxylation sites is 2. The van der Waals surface area contributed by atoms with E-state index in [2.05, 4.69) is 25.2 Å². The lowest BCUT2D eigenvalue weighted by molar-refractivity contribution is -0.116.